The summed E-state index contributed by atoms with van der Waals surface area (Å²) >= 11 is 0. The number of aliphatic hydroxyl groups excluding tert-OH is 1. The first-order chi connectivity index (χ1) is 8.07. The summed E-state index contributed by atoms with van der Waals surface area (Å²) in [6, 6.07) is 3.28. The second-order valence-electron chi connectivity index (χ2n) is 4.41. The molecule has 0 fully saturated rings. The van der Waals surface area contributed by atoms with Crippen molar-refractivity contribution in [2.45, 2.75) is 45.2 Å². The molecule has 0 aromatic carbocycles. The van der Waals surface area contributed by atoms with Crippen LogP contribution in [0, 0.1) is 5.82 Å². The molecule has 1 aromatic heterocycles. The van der Waals surface area contributed by atoms with Crippen LogP contribution in [0.2, 0.25) is 0 Å². The molecule has 0 aliphatic carbocycles. The van der Waals surface area contributed by atoms with Crippen molar-refractivity contribution in [2.75, 3.05) is 6.61 Å². The molecule has 0 radical (unpaired) electrons. The predicted octanol–water partition coefficient (Wildman–Crippen LogP) is 2.21. The highest BCUT2D eigenvalue weighted by molar-refractivity contribution is 5.17. The maximum absolute atomic E-state index is 12.9. The Kier molecular flexibility index (Phi) is 5.02. The fraction of sp³-hybridized carbons (Fsp3) is 0.615. The lowest BCUT2D eigenvalue weighted by Crippen LogP contribution is -2.49. The third-order valence-electron chi connectivity index (χ3n) is 3.23. The average Bonchev–Trinajstić information content (AvgIpc) is 2.37. The van der Waals surface area contributed by atoms with Crippen molar-refractivity contribution in [3.63, 3.8) is 0 Å². The molecule has 4 heteroatoms. The van der Waals surface area contributed by atoms with E-state index in [9.17, 15) is 9.50 Å². The van der Waals surface area contributed by atoms with Gasteiger partial charge >= 0.3 is 0 Å². The molecular weight excluding hydrogens is 219 g/mol. The maximum atomic E-state index is 12.9. The van der Waals surface area contributed by atoms with Gasteiger partial charge in [-0.15, -0.1) is 0 Å². The Morgan fingerprint density at radius 1 is 1.47 bits per heavy atom. The van der Waals surface area contributed by atoms with Crippen molar-refractivity contribution in [1.29, 1.82) is 0 Å². The lowest BCUT2D eigenvalue weighted by atomic mass is 9.91. The van der Waals surface area contributed by atoms with Crippen LogP contribution in [0.15, 0.2) is 18.3 Å². The molecular formula is C13H21FN2O. The van der Waals surface area contributed by atoms with Gasteiger partial charge in [0.05, 0.1) is 24.0 Å². The van der Waals surface area contributed by atoms with Gasteiger partial charge in [0.1, 0.15) is 5.82 Å². The second-order valence-corrected chi connectivity index (χ2v) is 4.41. The topological polar surface area (TPSA) is 45.1 Å². The molecule has 0 spiro atoms. The van der Waals surface area contributed by atoms with Crippen LogP contribution in [0.3, 0.4) is 0 Å². The third kappa shape index (κ3) is 3.23. The number of pyridine rings is 1. The highest BCUT2D eigenvalue weighted by atomic mass is 19.1. The number of nitrogens with zero attached hydrogens (tertiary/aromatic N) is 1. The Morgan fingerprint density at radius 3 is 2.59 bits per heavy atom. The summed E-state index contributed by atoms with van der Waals surface area (Å²) in [6.07, 6.45) is 2.85. The van der Waals surface area contributed by atoms with Crippen LogP contribution in [0.1, 0.15) is 39.3 Å². The first-order valence-corrected chi connectivity index (χ1v) is 6.08. The van der Waals surface area contributed by atoms with Crippen molar-refractivity contribution in [3.05, 3.63) is 29.8 Å². The van der Waals surface area contributed by atoms with Crippen molar-refractivity contribution < 1.29 is 9.50 Å². The summed E-state index contributed by atoms with van der Waals surface area (Å²) in [6.45, 7) is 6.07. The minimum absolute atomic E-state index is 0.0491. The zero-order valence-corrected chi connectivity index (χ0v) is 10.7. The molecule has 0 saturated heterocycles. The fourth-order valence-corrected chi connectivity index (χ4v) is 1.83. The van der Waals surface area contributed by atoms with Crippen LogP contribution in [-0.2, 0) is 5.54 Å². The molecule has 96 valence electrons. The molecule has 1 heterocycles. The molecule has 1 rings (SSSR count). The van der Waals surface area contributed by atoms with Gasteiger partial charge in [-0.1, -0.05) is 13.8 Å². The van der Waals surface area contributed by atoms with Crippen molar-refractivity contribution >= 4 is 0 Å². The molecule has 0 aliphatic heterocycles. The van der Waals surface area contributed by atoms with Crippen LogP contribution in [0.4, 0.5) is 4.39 Å². The van der Waals surface area contributed by atoms with Gasteiger partial charge in [-0.25, -0.2) is 4.39 Å². The van der Waals surface area contributed by atoms with Gasteiger partial charge in [0.2, 0.25) is 0 Å². The fourth-order valence-electron chi connectivity index (χ4n) is 1.83. The number of rotatable bonds is 6. The number of hydrogen-bond donors (Lipinski definition) is 2. The van der Waals surface area contributed by atoms with E-state index < -0.39 is 5.54 Å². The molecule has 0 saturated carbocycles. The van der Waals surface area contributed by atoms with Crippen molar-refractivity contribution in [3.8, 4) is 0 Å². The number of aliphatic hydroxyl groups is 1. The van der Waals surface area contributed by atoms with E-state index in [2.05, 4.69) is 24.1 Å². The quantitative estimate of drug-likeness (QED) is 0.801. The van der Waals surface area contributed by atoms with Gasteiger partial charge in [-0.05, 0) is 31.9 Å². The molecule has 0 aliphatic rings. The Morgan fingerprint density at radius 2 is 2.18 bits per heavy atom. The Balaban J connectivity index is 3.01. The predicted molar refractivity (Wildman–Crippen MR) is 66.1 cm³/mol. The van der Waals surface area contributed by atoms with E-state index in [0.29, 0.717) is 12.1 Å². The van der Waals surface area contributed by atoms with E-state index in [4.69, 9.17) is 0 Å². The molecule has 1 aromatic rings. The van der Waals surface area contributed by atoms with Gasteiger partial charge in [-0.3, -0.25) is 4.98 Å². The summed E-state index contributed by atoms with van der Waals surface area (Å²) in [7, 11) is 0. The van der Waals surface area contributed by atoms with Crippen LogP contribution < -0.4 is 5.32 Å². The molecule has 0 amide bonds. The SMILES string of the molecule is CCC(C)NC(CC)(CO)c1ccc(F)cn1. The van der Waals surface area contributed by atoms with Crippen LogP contribution in [-0.4, -0.2) is 22.7 Å². The summed E-state index contributed by atoms with van der Waals surface area (Å²) < 4.78 is 12.9. The van der Waals surface area contributed by atoms with E-state index in [1.54, 1.807) is 6.07 Å². The second kappa shape index (κ2) is 6.07. The monoisotopic (exact) mass is 240 g/mol. The standard InChI is InChI=1S/C13H21FN2O/c1-4-10(3)16-13(5-2,9-17)12-7-6-11(14)8-15-12/h6-8,10,16-17H,4-5,9H2,1-3H3. The van der Waals surface area contributed by atoms with Gasteiger partial charge in [0.15, 0.2) is 0 Å². The van der Waals surface area contributed by atoms with E-state index in [1.165, 1.54) is 12.3 Å². The largest absolute Gasteiger partial charge is 0.394 e. The highest BCUT2D eigenvalue weighted by Crippen LogP contribution is 2.24. The smallest absolute Gasteiger partial charge is 0.141 e. The number of halogens is 1. The van der Waals surface area contributed by atoms with Gasteiger partial charge < -0.3 is 10.4 Å². The number of hydrogen-bond acceptors (Lipinski definition) is 3. The average molecular weight is 240 g/mol. The van der Waals surface area contributed by atoms with Gasteiger partial charge in [0.25, 0.3) is 0 Å². The summed E-state index contributed by atoms with van der Waals surface area (Å²) in [5.74, 6) is -0.361. The lowest BCUT2D eigenvalue weighted by Gasteiger charge is -2.34. The van der Waals surface area contributed by atoms with Gasteiger partial charge in [0, 0.05) is 6.04 Å². The number of aromatic nitrogens is 1. The van der Waals surface area contributed by atoms with E-state index in [0.717, 1.165) is 6.42 Å². The van der Waals surface area contributed by atoms with Crippen LogP contribution >= 0.6 is 0 Å². The van der Waals surface area contributed by atoms with E-state index in [-0.39, 0.29) is 18.5 Å². The molecule has 17 heavy (non-hydrogen) atoms. The van der Waals surface area contributed by atoms with E-state index >= 15 is 0 Å². The van der Waals surface area contributed by atoms with Crippen LogP contribution in [0.5, 0.6) is 0 Å². The Labute approximate surface area is 102 Å². The minimum atomic E-state index is -0.580. The molecule has 2 unspecified atom stereocenters. The molecule has 2 N–H and O–H groups in total. The lowest BCUT2D eigenvalue weighted by molar-refractivity contribution is 0.139. The Hall–Kier alpha value is -1.00. The normalized spacial score (nSPS) is 16.5. The third-order valence-corrected chi connectivity index (χ3v) is 3.23. The summed E-state index contributed by atoms with van der Waals surface area (Å²) in [5, 5.41) is 13.0. The van der Waals surface area contributed by atoms with Crippen LogP contribution in [0.25, 0.3) is 0 Å². The molecule has 2 atom stereocenters. The maximum Gasteiger partial charge on any atom is 0.141 e. The zero-order valence-electron chi connectivity index (χ0n) is 10.7. The Bertz CT molecular complexity index is 336. The zero-order chi connectivity index (χ0) is 12.9. The highest BCUT2D eigenvalue weighted by Gasteiger charge is 2.31. The van der Waals surface area contributed by atoms with E-state index in [1.807, 2.05) is 6.92 Å². The van der Waals surface area contributed by atoms with Crippen molar-refractivity contribution in [2.24, 2.45) is 0 Å². The van der Waals surface area contributed by atoms with Gasteiger partial charge in [-0.2, -0.15) is 0 Å². The first-order valence-electron chi connectivity index (χ1n) is 6.08. The molecule has 3 nitrogen and oxygen atoms in total. The van der Waals surface area contributed by atoms with Crippen molar-refractivity contribution in [1.82, 2.24) is 10.3 Å². The minimum Gasteiger partial charge on any atom is -0.394 e. The summed E-state index contributed by atoms with van der Waals surface area (Å²) in [4.78, 5) is 4.08. The first kappa shape index (κ1) is 14.1. The molecule has 0 bridgehead atoms. The number of nitrogens with one attached hydrogen (secondary N) is 1. The summed E-state index contributed by atoms with van der Waals surface area (Å²) in [5.41, 5.74) is 0.104.